The van der Waals surface area contributed by atoms with Gasteiger partial charge in [0.05, 0.1) is 11.6 Å². The quantitative estimate of drug-likeness (QED) is 0.795. The molecule has 2 aliphatic rings. The third-order valence-corrected chi connectivity index (χ3v) is 4.72. The number of rotatable bonds is 2. The van der Waals surface area contributed by atoms with Gasteiger partial charge >= 0.3 is 0 Å². The van der Waals surface area contributed by atoms with Gasteiger partial charge in [-0.3, -0.25) is 4.79 Å². The number of hydrogen-bond donors (Lipinski definition) is 2. The summed E-state index contributed by atoms with van der Waals surface area (Å²) in [5.41, 5.74) is -0.686. The van der Waals surface area contributed by atoms with Gasteiger partial charge in [-0.1, -0.05) is 12.8 Å². The molecule has 1 saturated carbocycles. The number of hydrogen-bond acceptors (Lipinski definition) is 3. The first-order valence-electron chi connectivity index (χ1n) is 7.05. The highest BCUT2D eigenvalue weighted by Crippen LogP contribution is 2.39. The van der Waals surface area contributed by atoms with Gasteiger partial charge in [-0.05, 0) is 47.0 Å². The fourth-order valence-corrected chi connectivity index (χ4v) is 3.47. The van der Waals surface area contributed by atoms with E-state index in [1.807, 2.05) is 27.7 Å². The minimum Gasteiger partial charge on any atom is -0.351 e. The van der Waals surface area contributed by atoms with Crippen molar-refractivity contribution in [3.8, 4) is 0 Å². The molecule has 1 saturated heterocycles. The Balaban J connectivity index is 2.03. The summed E-state index contributed by atoms with van der Waals surface area (Å²) in [6.07, 6.45) is 5.17. The highest BCUT2D eigenvalue weighted by atomic mass is 16.5. The average molecular weight is 254 g/mol. The molecule has 1 heterocycles. The van der Waals surface area contributed by atoms with Crippen molar-refractivity contribution >= 4 is 5.91 Å². The zero-order valence-electron chi connectivity index (χ0n) is 12.0. The van der Waals surface area contributed by atoms with Crippen molar-refractivity contribution in [2.24, 2.45) is 5.92 Å². The lowest BCUT2D eigenvalue weighted by Gasteiger charge is -2.36. The predicted molar refractivity (Wildman–Crippen MR) is 70.3 cm³/mol. The Morgan fingerprint density at radius 3 is 2.22 bits per heavy atom. The molecule has 0 bridgehead atoms. The molecular weight excluding hydrogens is 228 g/mol. The Morgan fingerprint density at radius 2 is 1.78 bits per heavy atom. The second kappa shape index (κ2) is 4.49. The van der Waals surface area contributed by atoms with Crippen molar-refractivity contribution in [3.63, 3.8) is 0 Å². The van der Waals surface area contributed by atoms with Crippen LogP contribution in [0.1, 0.15) is 59.8 Å². The molecule has 0 aromatic carbocycles. The maximum absolute atomic E-state index is 12.2. The molecule has 2 fully saturated rings. The van der Waals surface area contributed by atoms with E-state index in [0.717, 1.165) is 19.3 Å². The number of nitrogens with zero attached hydrogens (tertiary/aromatic N) is 1. The van der Waals surface area contributed by atoms with E-state index >= 15 is 0 Å². The fraction of sp³-hybridized carbons (Fsp3) is 0.929. The summed E-state index contributed by atoms with van der Waals surface area (Å²) >= 11 is 0. The maximum atomic E-state index is 12.2. The molecule has 1 atom stereocenters. The molecule has 4 nitrogen and oxygen atoms in total. The summed E-state index contributed by atoms with van der Waals surface area (Å²) in [5.74, 6) is 0.369. The van der Waals surface area contributed by atoms with E-state index in [0.29, 0.717) is 0 Å². The minimum absolute atomic E-state index is 0.0191. The summed E-state index contributed by atoms with van der Waals surface area (Å²) in [6.45, 7) is 8.00. The van der Waals surface area contributed by atoms with Gasteiger partial charge in [-0.2, -0.15) is 5.06 Å². The lowest BCUT2D eigenvalue weighted by molar-refractivity contribution is -0.194. The SMILES string of the molecule is CC1(C)CC(NC(=O)C2CCCC2)C(C)(C)N1O. The normalized spacial score (nSPS) is 31.7. The highest BCUT2D eigenvalue weighted by molar-refractivity contribution is 5.79. The number of amides is 1. The molecular formula is C14H26N2O2. The summed E-state index contributed by atoms with van der Waals surface area (Å²) in [5, 5.41) is 14.8. The van der Waals surface area contributed by atoms with E-state index in [4.69, 9.17) is 0 Å². The van der Waals surface area contributed by atoms with Crippen LogP contribution >= 0.6 is 0 Å². The fourth-order valence-electron chi connectivity index (χ4n) is 3.47. The Labute approximate surface area is 110 Å². The highest BCUT2D eigenvalue weighted by Gasteiger charge is 2.52. The number of carbonyl (C=O) groups excluding carboxylic acids is 1. The molecule has 0 aromatic rings. The van der Waals surface area contributed by atoms with Crippen LogP contribution in [-0.2, 0) is 4.79 Å². The molecule has 1 unspecified atom stereocenters. The lowest BCUT2D eigenvalue weighted by atomic mass is 9.93. The van der Waals surface area contributed by atoms with Gasteiger partial charge in [0.15, 0.2) is 0 Å². The van der Waals surface area contributed by atoms with Crippen LogP contribution < -0.4 is 5.32 Å². The van der Waals surface area contributed by atoms with Crippen LogP contribution in [-0.4, -0.2) is 33.3 Å². The maximum Gasteiger partial charge on any atom is 0.223 e. The second-order valence-electron chi connectivity index (χ2n) is 7.02. The standard InChI is InChI=1S/C14H26N2O2/c1-13(2)9-11(14(3,4)16(13)18)15-12(17)10-7-5-6-8-10/h10-11,18H,5-9H2,1-4H3,(H,15,17). The van der Waals surface area contributed by atoms with Crippen molar-refractivity contribution in [1.82, 2.24) is 10.4 Å². The van der Waals surface area contributed by atoms with Crippen LogP contribution in [0.15, 0.2) is 0 Å². The lowest BCUT2D eigenvalue weighted by Crippen LogP contribution is -2.53. The smallest absolute Gasteiger partial charge is 0.223 e. The second-order valence-corrected chi connectivity index (χ2v) is 7.02. The van der Waals surface area contributed by atoms with E-state index in [1.54, 1.807) is 0 Å². The zero-order chi connectivity index (χ0) is 13.6. The van der Waals surface area contributed by atoms with Crippen LogP contribution in [0.3, 0.4) is 0 Å². The number of hydroxylamine groups is 2. The van der Waals surface area contributed by atoms with Gasteiger partial charge in [-0.15, -0.1) is 0 Å². The van der Waals surface area contributed by atoms with Crippen molar-refractivity contribution in [1.29, 1.82) is 0 Å². The average Bonchev–Trinajstić information content (AvgIpc) is 2.83. The van der Waals surface area contributed by atoms with Crippen LogP contribution in [0.2, 0.25) is 0 Å². The Bertz CT molecular complexity index is 333. The third kappa shape index (κ3) is 2.28. The van der Waals surface area contributed by atoms with E-state index in [9.17, 15) is 10.0 Å². The number of carbonyl (C=O) groups is 1. The summed E-state index contributed by atoms with van der Waals surface area (Å²) in [7, 11) is 0. The molecule has 0 aromatic heterocycles. The largest absolute Gasteiger partial charge is 0.351 e. The van der Waals surface area contributed by atoms with Crippen LogP contribution in [0, 0.1) is 5.92 Å². The Kier molecular flexibility index (Phi) is 3.45. The summed E-state index contributed by atoms with van der Waals surface area (Å²) < 4.78 is 0. The number of nitrogens with one attached hydrogen (secondary N) is 1. The molecule has 2 N–H and O–H groups in total. The van der Waals surface area contributed by atoms with Gasteiger partial charge in [0.1, 0.15) is 0 Å². The van der Waals surface area contributed by atoms with Crippen molar-refractivity contribution in [3.05, 3.63) is 0 Å². The zero-order valence-corrected chi connectivity index (χ0v) is 12.0. The van der Waals surface area contributed by atoms with E-state index in [1.165, 1.54) is 17.9 Å². The van der Waals surface area contributed by atoms with E-state index in [-0.39, 0.29) is 23.4 Å². The molecule has 0 spiro atoms. The van der Waals surface area contributed by atoms with E-state index < -0.39 is 5.54 Å². The van der Waals surface area contributed by atoms with Gasteiger partial charge in [0.25, 0.3) is 0 Å². The molecule has 1 aliphatic carbocycles. The van der Waals surface area contributed by atoms with Crippen molar-refractivity contribution in [2.75, 3.05) is 0 Å². The molecule has 4 heteroatoms. The Hall–Kier alpha value is -0.610. The minimum atomic E-state index is -0.405. The first-order valence-corrected chi connectivity index (χ1v) is 7.05. The van der Waals surface area contributed by atoms with Gasteiger partial charge in [-0.25, -0.2) is 0 Å². The molecule has 0 radical (unpaired) electrons. The third-order valence-electron chi connectivity index (χ3n) is 4.72. The van der Waals surface area contributed by atoms with Crippen LogP contribution in [0.4, 0.5) is 0 Å². The van der Waals surface area contributed by atoms with Crippen LogP contribution in [0.25, 0.3) is 0 Å². The first kappa shape index (κ1) is 13.8. The van der Waals surface area contributed by atoms with Gasteiger partial charge < -0.3 is 10.5 Å². The first-order chi connectivity index (χ1) is 8.25. The molecule has 104 valence electrons. The van der Waals surface area contributed by atoms with Gasteiger partial charge in [0.2, 0.25) is 5.91 Å². The molecule has 1 amide bonds. The topological polar surface area (TPSA) is 52.6 Å². The van der Waals surface area contributed by atoms with Crippen molar-refractivity contribution in [2.45, 2.75) is 76.9 Å². The van der Waals surface area contributed by atoms with Crippen LogP contribution in [0.5, 0.6) is 0 Å². The molecule has 1 aliphatic heterocycles. The molecule has 2 rings (SSSR count). The summed E-state index contributed by atoms with van der Waals surface area (Å²) in [4.78, 5) is 12.2. The predicted octanol–water partition coefficient (Wildman–Crippen LogP) is 2.31. The molecule has 18 heavy (non-hydrogen) atoms. The van der Waals surface area contributed by atoms with E-state index in [2.05, 4.69) is 5.32 Å². The van der Waals surface area contributed by atoms with Gasteiger partial charge in [0, 0.05) is 11.5 Å². The monoisotopic (exact) mass is 254 g/mol. The van der Waals surface area contributed by atoms with Crippen molar-refractivity contribution < 1.29 is 10.0 Å². The summed E-state index contributed by atoms with van der Waals surface area (Å²) in [6, 6.07) is 0.0191. The Morgan fingerprint density at radius 1 is 1.22 bits per heavy atom.